The Hall–Kier alpha value is -0.870. The van der Waals surface area contributed by atoms with Gasteiger partial charge >= 0.3 is 5.97 Å². The largest absolute Gasteiger partial charge is 0.462 e. The summed E-state index contributed by atoms with van der Waals surface area (Å²) in [5.74, 6) is -0.249. The first-order valence-corrected chi connectivity index (χ1v) is 6.10. The van der Waals surface area contributed by atoms with E-state index in [0.717, 1.165) is 17.4 Å². The number of nitrogens with one attached hydrogen (secondary N) is 1. The Morgan fingerprint density at radius 2 is 1.94 bits per heavy atom. The maximum absolute atomic E-state index is 11.6. The quantitative estimate of drug-likeness (QED) is 0.650. The average Bonchev–Trinajstić information content (AvgIpc) is 2.25. The SMILES string of the molecule is C[NH+](C)CCCOC(=O)c1ccc(Br)cc1. The molecule has 0 bridgehead atoms. The lowest BCUT2D eigenvalue weighted by molar-refractivity contribution is -0.858. The smallest absolute Gasteiger partial charge is 0.338 e. The summed E-state index contributed by atoms with van der Waals surface area (Å²) in [7, 11) is 4.16. The van der Waals surface area contributed by atoms with Gasteiger partial charge in [0.05, 0.1) is 32.8 Å². The molecular formula is C12H17BrNO2+. The maximum atomic E-state index is 11.6. The van der Waals surface area contributed by atoms with E-state index in [-0.39, 0.29) is 5.97 Å². The van der Waals surface area contributed by atoms with E-state index < -0.39 is 0 Å². The van der Waals surface area contributed by atoms with Crippen LogP contribution in [-0.2, 0) is 4.74 Å². The van der Waals surface area contributed by atoms with Crippen molar-refractivity contribution in [3.8, 4) is 0 Å². The van der Waals surface area contributed by atoms with Crippen molar-refractivity contribution < 1.29 is 14.4 Å². The van der Waals surface area contributed by atoms with Crippen molar-refractivity contribution in [2.45, 2.75) is 6.42 Å². The number of esters is 1. The fraction of sp³-hybridized carbons (Fsp3) is 0.417. The molecule has 1 aromatic rings. The zero-order valence-electron chi connectivity index (χ0n) is 9.63. The highest BCUT2D eigenvalue weighted by Crippen LogP contribution is 2.11. The summed E-state index contributed by atoms with van der Waals surface area (Å²) in [5, 5.41) is 0. The van der Waals surface area contributed by atoms with Crippen LogP contribution in [0.3, 0.4) is 0 Å². The van der Waals surface area contributed by atoms with Gasteiger partial charge in [0.15, 0.2) is 0 Å². The molecule has 0 aliphatic heterocycles. The summed E-state index contributed by atoms with van der Waals surface area (Å²) < 4.78 is 6.11. The van der Waals surface area contributed by atoms with Crippen molar-refractivity contribution >= 4 is 21.9 Å². The molecule has 0 atom stereocenters. The van der Waals surface area contributed by atoms with E-state index in [4.69, 9.17) is 4.74 Å². The molecule has 4 heteroatoms. The van der Waals surface area contributed by atoms with Gasteiger partial charge in [-0.3, -0.25) is 0 Å². The zero-order valence-corrected chi connectivity index (χ0v) is 11.2. The molecular weight excluding hydrogens is 270 g/mol. The molecule has 3 nitrogen and oxygen atoms in total. The van der Waals surface area contributed by atoms with Crippen molar-refractivity contribution in [1.82, 2.24) is 0 Å². The molecule has 0 spiro atoms. The predicted octanol–water partition coefficient (Wildman–Crippen LogP) is 1.14. The molecule has 1 aromatic carbocycles. The van der Waals surface area contributed by atoms with E-state index in [1.54, 1.807) is 12.1 Å². The summed E-state index contributed by atoms with van der Waals surface area (Å²) >= 11 is 3.32. The Kier molecular flexibility index (Phi) is 5.49. The van der Waals surface area contributed by atoms with Crippen LogP contribution in [0.2, 0.25) is 0 Å². The van der Waals surface area contributed by atoms with Crippen LogP contribution < -0.4 is 4.90 Å². The first kappa shape index (κ1) is 13.2. The van der Waals surface area contributed by atoms with Gasteiger partial charge in [-0.25, -0.2) is 4.79 Å². The summed E-state index contributed by atoms with van der Waals surface area (Å²) in [5.41, 5.74) is 0.598. The minimum atomic E-state index is -0.249. The Labute approximate surface area is 105 Å². The summed E-state index contributed by atoms with van der Waals surface area (Å²) in [4.78, 5) is 12.9. The highest BCUT2D eigenvalue weighted by atomic mass is 79.9. The van der Waals surface area contributed by atoms with Gasteiger partial charge in [0.25, 0.3) is 0 Å². The van der Waals surface area contributed by atoms with Crippen LogP contribution in [-0.4, -0.2) is 33.2 Å². The molecule has 1 rings (SSSR count). The Morgan fingerprint density at radius 1 is 1.31 bits per heavy atom. The molecule has 1 N–H and O–H groups in total. The number of halogens is 1. The summed E-state index contributed by atoms with van der Waals surface area (Å²) in [6.45, 7) is 1.49. The van der Waals surface area contributed by atoms with Gasteiger partial charge in [-0.2, -0.15) is 0 Å². The van der Waals surface area contributed by atoms with E-state index in [1.165, 1.54) is 4.90 Å². The van der Waals surface area contributed by atoms with E-state index in [9.17, 15) is 4.79 Å². The van der Waals surface area contributed by atoms with Gasteiger partial charge in [0.1, 0.15) is 0 Å². The van der Waals surface area contributed by atoms with Crippen LogP contribution in [0.4, 0.5) is 0 Å². The predicted molar refractivity (Wildman–Crippen MR) is 66.7 cm³/mol. The molecule has 0 amide bonds. The van der Waals surface area contributed by atoms with Crippen molar-refractivity contribution in [1.29, 1.82) is 0 Å². The van der Waals surface area contributed by atoms with Crippen LogP contribution in [0.5, 0.6) is 0 Å². The Bertz CT molecular complexity index is 335. The molecule has 0 saturated carbocycles. The zero-order chi connectivity index (χ0) is 12.0. The average molecular weight is 287 g/mol. The fourth-order valence-electron chi connectivity index (χ4n) is 1.26. The lowest BCUT2D eigenvalue weighted by atomic mass is 10.2. The minimum absolute atomic E-state index is 0.249. The fourth-order valence-corrected chi connectivity index (χ4v) is 1.52. The van der Waals surface area contributed by atoms with Crippen LogP contribution in [0.25, 0.3) is 0 Å². The van der Waals surface area contributed by atoms with E-state index in [2.05, 4.69) is 30.0 Å². The topological polar surface area (TPSA) is 30.7 Å². The number of carbonyl (C=O) groups is 1. The highest BCUT2D eigenvalue weighted by Gasteiger charge is 2.06. The standard InChI is InChI=1S/C12H16BrNO2/c1-14(2)8-3-9-16-12(15)10-4-6-11(13)7-5-10/h4-7H,3,8-9H2,1-2H3/p+1. The molecule has 0 saturated heterocycles. The third-order valence-electron chi connectivity index (χ3n) is 2.13. The highest BCUT2D eigenvalue weighted by molar-refractivity contribution is 9.10. The summed E-state index contributed by atoms with van der Waals surface area (Å²) in [6, 6.07) is 7.17. The third-order valence-corrected chi connectivity index (χ3v) is 2.66. The normalized spacial score (nSPS) is 10.5. The Morgan fingerprint density at radius 3 is 2.50 bits per heavy atom. The number of quaternary nitrogens is 1. The molecule has 16 heavy (non-hydrogen) atoms. The summed E-state index contributed by atoms with van der Waals surface area (Å²) in [6.07, 6.45) is 0.893. The second-order valence-electron chi connectivity index (χ2n) is 3.95. The molecule has 0 heterocycles. The molecule has 88 valence electrons. The number of benzene rings is 1. The van der Waals surface area contributed by atoms with E-state index >= 15 is 0 Å². The van der Waals surface area contributed by atoms with Crippen molar-refractivity contribution in [3.63, 3.8) is 0 Å². The molecule has 0 aliphatic carbocycles. The van der Waals surface area contributed by atoms with Gasteiger partial charge in [0.2, 0.25) is 0 Å². The van der Waals surface area contributed by atoms with E-state index in [1.807, 2.05) is 12.1 Å². The van der Waals surface area contributed by atoms with Crippen LogP contribution in [0, 0.1) is 0 Å². The Balaban J connectivity index is 2.32. The van der Waals surface area contributed by atoms with Crippen LogP contribution in [0.1, 0.15) is 16.8 Å². The molecule has 0 aliphatic rings. The first-order valence-electron chi connectivity index (χ1n) is 5.31. The number of rotatable bonds is 5. The van der Waals surface area contributed by atoms with Gasteiger partial charge in [-0.1, -0.05) is 15.9 Å². The number of hydrogen-bond donors (Lipinski definition) is 1. The van der Waals surface area contributed by atoms with Crippen LogP contribution in [0.15, 0.2) is 28.7 Å². The van der Waals surface area contributed by atoms with Gasteiger partial charge in [-0.15, -0.1) is 0 Å². The third kappa shape index (κ3) is 4.77. The molecule has 0 fully saturated rings. The first-order chi connectivity index (χ1) is 7.59. The number of ether oxygens (including phenoxy) is 1. The van der Waals surface area contributed by atoms with Gasteiger partial charge in [0, 0.05) is 10.9 Å². The lowest BCUT2D eigenvalue weighted by Crippen LogP contribution is -3.05. The van der Waals surface area contributed by atoms with Gasteiger partial charge < -0.3 is 9.64 Å². The molecule has 0 aromatic heterocycles. The van der Waals surface area contributed by atoms with Gasteiger partial charge in [-0.05, 0) is 24.3 Å². The minimum Gasteiger partial charge on any atom is -0.462 e. The van der Waals surface area contributed by atoms with Crippen LogP contribution >= 0.6 is 15.9 Å². The molecule has 0 radical (unpaired) electrons. The maximum Gasteiger partial charge on any atom is 0.338 e. The number of carbonyl (C=O) groups excluding carboxylic acids is 1. The van der Waals surface area contributed by atoms with E-state index in [0.29, 0.717) is 12.2 Å². The lowest BCUT2D eigenvalue weighted by Gasteiger charge is -2.07. The second kappa shape index (κ2) is 6.66. The van der Waals surface area contributed by atoms with Crippen molar-refractivity contribution in [3.05, 3.63) is 34.3 Å². The second-order valence-corrected chi connectivity index (χ2v) is 4.87. The molecule has 0 unspecified atom stereocenters. The van der Waals surface area contributed by atoms with Crippen molar-refractivity contribution in [2.75, 3.05) is 27.2 Å². The number of hydrogen-bond acceptors (Lipinski definition) is 2. The van der Waals surface area contributed by atoms with Crippen molar-refractivity contribution in [2.24, 2.45) is 0 Å². The monoisotopic (exact) mass is 286 g/mol.